The zero-order valence-electron chi connectivity index (χ0n) is 21.4. The fraction of sp³-hybridized carbons (Fsp3) is 0.107. The highest BCUT2D eigenvalue weighted by Crippen LogP contribution is 2.27. The number of sulfonamides is 2. The number of hydrogen-bond acceptors (Lipinski definition) is 5. The lowest BCUT2D eigenvalue weighted by Crippen LogP contribution is -2.38. The number of anilines is 3. The summed E-state index contributed by atoms with van der Waals surface area (Å²) in [6.07, 6.45) is 0. The third kappa shape index (κ3) is 6.95. The largest absolute Gasteiger partial charge is 0.325 e. The molecule has 12 heteroatoms. The fourth-order valence-corrected chi connectivity index (χ4v) is 6.52. The Bertz CT molecular complexity index is 1760. The molecule has 0 spiro atoms. The van der Waals surface area contributed by atoms with E-state index >= 15 is 0 Å². The van der Waals surface area contributed by atoms with Gasteiger partial charge in [-0.2, -0.15) is 0 Å². The van der Waals surface area contributed by atoms with Gasteiger partial charge >= 0.3 is 0 Å². The van der Waals surface area contributed by atoms with E-state index in [9.17, 15) is 21.6 Å². The molecule has 0 aliphatic rings. The first-order chi connectivity index (χ1) is 18.8. The van der Waals surface area contributed by atoms with E-state index in [0.29, 0.717) is 21.4 Å². The minimum absolute atomic E-state index is 0.0234. The van der Waals surface area contributed by atoms with Gasteiger partial charge in [0, 0.05) is 15.7 Å². The van der Waals surface area contributed by atoms with Crippen LogP contribution in [0.25, 0.3) is 0 Å². The second kappa shape index (κ2) is 11.9. The van der Waals surface area contributed by atoms with Gasteiger partial charge in [-0.1, -0.05) is 35.3 Å². The van der Waals surface area contributed by atoms with Crippen molar-refractivity contribution in [2.24, 2.45) is 0 Å². The number of carbonyl (C=O) groups excluding carboxylic acids is 1. The van der Waals surface area contributed by atoms with Crippen LogP contribution in [0.15, 0.2) is 101 Å². The van der Waals surface area contributed by atoms with Crippen LogP contribution in [0.3, 0.4) is 0 Å². The number of carbonyl (C=O) groups is 1. The molecule has 0 heterocycles. The molecule has 0 radical (unpaired) electrons. The molecule has 2 N–H and O–H groups in total. The maximum Gasteiger partial charge on any atom is 0.264 e. The monoisotopic (exact) mass is 617 g/mol. The molecule has 0 bridgehead atoms. The van der Waals surface area contributed by atoms with E-state index in [2.05, 4.69) is 10.0 Å². The van der Waals surface area contributed by atoms with Gasteiger partial charge in [-0.25, -0.2) is 16.8 Å². The van der Waals surface area contributed by atoms with Gasteiger partial charge in [-0.3, -0.25) is 13.8 Å². The smallest absolute Gasteiger partial charge is 0.264 e. The number of nitrogens with zero attached hydrogens (tertiary/aromatic N) is 1. The van der Waals surface area contributed by atoms with E-state index in [1.807, 2.05) is 13.8 Å². The summed E-state index contributed by atoms with van der Waals surface area (Å²) in [4.78, 5) is 13.0. The Morgan fingerprint density at radius 2 is 1.38 bits per heavy atom. The summed E-state index contributed by atoms with van der Waals surface area (Å²) in [7, 11) is -8.04. The standard InChI is InChI=1S/C28H25Cl2N3O5S2/c1-19-6-11-25(16-20(19)2)33(40(37,38)27-12-7-21(29)8-13-27)18-28(34)31-23-9-14-26(15-10-23)39(35,36)32-24-5-3-4-22(30)17-24/h3-17,32H,18H2,1-2H3,(H,31,34). The van der Waals surface area contributed by atoms with Gasteiger partial charge < -0.3 is 5.32 Å². The molecule has 0 fully saturated rings. The predicted octanol–water partition coefficient (Wildman–Crippen LogP) is 6.25. The Kier molecular flexibility index (Phi) is 8.74. The first-order valence-electron chi connectivity index (χ1n) is 11.9. The molecule has 0 aliphatic carbocycles. The highest BCUT2D eigenvalue weighted by atomic mass is 35.5. The lowest BCUT2D eigenvalue weighted by molar-refractivity contribution is -0.114. The van der Waals surface area contributed by atoms with Gasteiger partial charge in [0.05, 0.1) is 21.2 Å². The Hall–Kier alpha value is -3.57. The summed E-state index contributed by atoms with van der Waals surface area (Å²) < 4.78 is 56.1. The van der Waals surface area contributed by atoms with E-state index in [1.165, 1.54) is 54.6 Å². The molecular weight excluding hydrogens is 593 g/mol. The van der Waals surface area contributed by atoms with Crippen molar-refractivity contribution >= 4 is 66.2 Å². The van der Waals surface area contributed by atoms with Crippen molar-refractivity contribution < 1.29 is 21.6 Å². The molecule has 4 aromatic rings. The highest BCUT2D eigenvalue weighted by molar-refractivity contribution is 7.93. The van der Waals surface area contributed by atoms with Crippen LogP contribution in [-0.4, -0.2) is 29.3 Å². The van der Waals surface area contributed by atoms with Crippen molar-refractivity contribution in [1.29, 1.82) is 0 Å². The quantitative estimate of drug-likeness (QED) is 0.231. The van der Waals surface area contributed by atoms with Gasteiger partial charge in [-0.05, 0) is 104 Å². The molecule has 0 atom stereocenters. The lowest BCUT2D eigenvalue weighted by Gasteiger charge is -2.25. The van der Waals surface area contributed by atoms with Crippen LogP contribution >= 0.6 is 23.2 Å². The van der Waals surface area contributed by atoms with Gasteiger partial charge in [0.25, 0.3) is 20.0 Å². The van der Waals surface area contributed by atoms with Crippen molar-refractivity contribution in [3.63, 3.8) is 0 Å². The fourth-order valence-electron chi connectivity index (χ4n) is 3.74. The molecule has 40 heavy (non-hydrogen) atoms. The number of halogens is 2. The van der Waals surface area contributed by atoms with Gasteiger partial charge in [0.2, 0.25) is 5.91 Å². The Morgan fingerprint density at radius 3 is 2.00 bits per heavy atom. The van der Waals surface area contributed by atoms with Crippen molar-refractivity contribution in [2.75, 3.05) is 20.9 Å². The average molecular weight is 619 g/mol. The molecule has 4 rings (SSSR count). The maximum absolute atomic E-state index is 13.6. The van der Waals surface area contributed by atoms with Gasteiger partial charge in [0.1, 0.15) is 6.54 Å². The third-order valence-electron chi connectivity index (χ3n) is 5.99. The summed E-state index contributed by atoms with van der Waals surface area (Å²) in [6, 6.07) is 22.6. The van der Waals surface area contributed by atoms with Crippen molar-refractivity contribution in [1.82, 2.24) is 0 Å². The zero-order valence-corrected chi connectivity index (χ0v) is 24.6. The minimum Gasteiger partial charge on any atom is -0.325 e. The van der Waals surface area contributed by atoms with E-state index in [1.54, 1.807) is 36.4 Å². The Morgan fingerprint density at radius 1 is 0.725 bits per heavy atom. The average Bonchev–Trinajstić information content (AvgIpc) is 2.89. The van der Waals surface area contributed by atoms with Crippen LogP contribution in [0.5, 0.6) is 0 Å². The normalized spacial score (nSPS) is 11.6. The van der Waals surface area contributed by atoms with Crippen molar-refractivity contribution in [2.45, 2.75) is 23.6 Å². The van der Waals surface area contributed by atoms with Crippen LogP contribution in [0.4, 0.5) is 17.1 Å². The molecule has 208 valence electrons. The van der Waals surface area contributed by atoms with Gasteiger partial charge in [0.15, 0.2) is 0 Å². The van der Waals surface area contributed by atoms with Crippen molar-refractivity contribution in [3.8, 4) is 0 Å². The summed E-state index contributed by atoms with van der Waals surface area (Å²) in [5.41, 5.74) is 2.74. The van der Waals surface area contributed by atoms with E-state index < -0.39 is 32.5 Å². The number of amides is 1. The highest BCUT2D eigenvalue weighted by Gasteiger charge is 2.27. The number of nitrogens with one attached hydrogen (secondary N) is 2. The van der Waals surface area contributed by atoms with Crippen LogP contribution in [-0.2, 0) is 24.8 Å². The molecule has 8 nitrogen and oxygen atoms in total. The Balaban J connectivity index is 1.55. The minimum atomic E-state index is -4.13. The number of hydrogen-bond donors (Lipinski definition) is 2. The number of rotatable bonds is 9. The molecule has 4 aromatic carbocycles. The second-order valence-electron chi connectivity index (χ2n) is 8.92. The van der Waals surface area contributed by atoms with Crippen LogP contribution in [0.2, 0.25) is 10.0 Å². The SMILES string of the molecule is Cc1ccc(N(CC(=O)Nc2ccc(S(=O)(=O)Nc3cccc(Cl)c3)cc2)S(=O)(=O)c2ccc(Cl)cc2)cc1C. The first-order valence-corrected chi connectivity index (χ1v) is 15.6. The topological polar surface area (TPSA) is 113 Å². The molecule has 0 aliphatic heterocycles. The lowest BCUT2D eigenvalue weighted by atomic mass is 10.1. The van der Waals surface area contributed by atoms with Gasteiger partial charge in [-0.15, -0.1) is 0 Å². The first kappa shape index (κ1) is 29.4. The molecule has 1 amide bonds. The van der Waals surface area contributed by atoms with E-state index in [4.69, 9.17) is 23.2 Å². The molecule has 0 saturated carbocycles. The number of aryl methyl sites for hydroxylation is 2. The molecule has 0 saturated heterocycles. The van der Waals surface area contributed by atoms with E-state index in [-0.39, 0.29) is 15.5 Å². The summed E-state index contributed by atoms with van der Waals surface area (Å²) in [6.45, 7) is 3.23. The predicted molar refractivity (Wildman–Crippen MR) is 159 cm³/mol. The van der Waals surface area contributed by atoms with Crippen molar-refractivity contribution in [3.05, 3.63) is 112 Å². The molecule has 0 aromatic heterocycles. The third-order valence-corrected chi connectivity index (χ3v) is 9.66. The van der Waals surface area contributed by atoms with Crippen LogP contribution in [0, 0.1) is 13.8 Å². The zero-order chi connectivity index (χ0) is 29.1. The summed E-state index contributed by atoms with van der Waals surface area (Å²) in [5, 5.41) is 3.40. The Labute approximate surface area is 243 Å². The molecule has 0 unspecified atom stereocenters. The van der Waals surface area contributed by atoms with Crippen LogP contribution < -0.4 is 14.3 Å². The van der Waals surface area contributed by atoms with E-state index in [0.717, 1.165) is 15.4 Å². The second-order valence-corrected chi connectivity index (χ2v) is 13.3. The number of benzene rings is 4. The molecular formula is C28H25Cl2N3O5S2. The summed E-state index contributed by atoms with van der Waals surface area (Å²) >= 11 is 11.9. The summed E-state index contributed by atoms with van der Waals surface area (Å²) in [5.74, 6) is -0.622. The maximum atomic E-state index is 13.6. The van der Waals surface area contributed by atoms with Crippen LogP contribution in [0.1, 0.15) is 11.1 Å².